The monoisotopic (exact) mass is 266 g/mol. The molecule has 21 heavy (non-hydrogen) atoms. The van der Waals surface area contributed by atoms with Crippen LogP contribution in [0.3, 0.4) is 0 Å². The molecule has 1 unspecified atom stereocenters. The molecule has 0 heterocycles. The third-order valence-electron chi connectivity index (χ3n) is 4.23. The van der Waals surface area contributed by atoms with Crippen molar-refractivity contribution in [3.05, 3.63) is 83.2 Å². The molecule has 3 aromatic rings. The van der Waals surface area contributed by atoms with Gasteiger partial charge in [-0.2, -0.15) is 5.26 Å². The second kappa shape index (κ2) is 3.95. The summed E-state index contributed by atoms with van der Waals surface area (Å²) in [6, 6.07) is 22.0. The first-order valence-electron chi connectivity index (χ1n) is 6.74. The summed E-state index contributed by atoms with van der Waals surface area (Å²) >= 11 is 0. The van der Waals surface area contributed by atoms with Crippen molar-refractivity contribution < 1.29 is 0 Å². The maximum Gasteiger partial charge on any atom is 0.367 e. The summed E-state index contributed by atoms with van der Waals surface area (Å²) in [5.74, 6) is 0. The molecule has 0 N–H and O–H groups in total. The standard InChI is InChI=1S/C19H10N2/c1-21-19(12-20)17-9-5-4-8-15(17)16-11-10-13-6-2-3-7-14(13)18(16)19/h2-11H. The Labute approximate surface area is 122 Å². The quantitative estimate of drug-likeness (QED) is 0.550. The summed E-state index contributed by atoms with van der Waals surface area (Å²) in [6.07, 6.45) is 0. The molecule has 1 aliphatic rings. The molecule has 0 aromatic heterocycles. The number of benzene rings is 3. The van der Waals surface area contributed by atoms with Crippen molar-refractivity contribution in [1.29, 1.82) is 5.26 Å². The minimum Gasteiger partial charge on any atom is -0.283 e. The second-order valence-electron chi connectivity index (χ2n) is 5.19. The van der Waals surface area contributed by atoms with E-state index in [0.717, 1.165) is 33.0 Å². The molecular formula is C19H10N2. The number of nitriles is 1. The van der Waals surface area contributed by atoms with Crippen molar-refractivity contribution in [1.82, 2.24) is 0 Å². The van der Waals surface area contributed by atoms with Crippen molar-refractivity contribution in [2.45, 2.75) is 5.54 Å². The largest absolute Gasteiger partial charge is 0.367 e. The summed E-state index contributed by atoms with van der Waals surface area (Å²) in [7, 11) is 0. The van der Waals surface area contributed by atoms with E-state index in [1.54, 1.807) is 0 Å². The molecule has 1 atom stereocenters. The summed E-state index contributed by atoms with van der Waals surface area (Å²) in [5.41, 5.74) is 2.40. The average Bonchev–Trinajstić information content (AvgIpc) is 2.86. The smallest absolute Gasteiger partial charge is 0.283 e. The van der Waals surface area contributed by atoms with Crippen LogP contribution >= 0.6 is 0 Å². The van der Waals surface area contributed by atoms with Crippen LogP contribution in [0.15, 0.2) is 60.7 Å². The zero-order chi connectivity index (χ0) is 14.4. The predicted molar refractivity (Wildman–Crippen MR) is 82.4 cm³/mol. The lowest BCUT2D eigenvalue weighted by Crippen LogP contribution is -2.18. The number of nitrogens with zero attached hydrogens (tertiary/aromatic N) is 2. The van der Waals surface area contributed by atoms with Crippen LogP contribution in [0.5, 0.6) is 0 Å². The highest BCUT2D eigenvalue weighted by Gasteiger charge is 2.51. The van der Waals surface area contributed by atoms with E-state index in [9.17, 15) is 5.26 Å². The van der Waals surface area contributed by atoms with Crippen LogP contribution in [0.1, 0.15) is 11.1 Å². The highest BCUT2D eigenvalue weighted by atomic mass is 14.8. The van der Waals surface area contributed by atoms with E-state index in [1.807, 2.05) is 54.6 Å². The van der Waals surface area contributed by atoms with Crippen LogP contribution in [-0.2, 0) is 5.54 Å². The van der Waals surface area contributed by atoms with Crippen molar-refractivity contribution in [2.24, 2.45) is 0 Å². The van der Waals surface area contributed by atoms with E-state index in [-0.39, 0.29) is 0 Å². The Bertz CT molecular complexity index is 957. The van der Waals surface area contributed by atoms with Gasteiger partial charge in [-0.3, -0.25) is 4.85 Å². The summed E-state index contributed by atoms with van der Waals surface area (Å²) in [4.78, 5) is 3.76. The van der Waals surface area contributed by atoms with Crippen LogP contribution < -0.4 is 0 Å². The lowest BCUT2D eigenvalue weighted by atomic mass is 9.87. The molecule has 0 bridgehead atoms. The third kappa shape index (κ3) is 1.29. The van der Waals surface area contributed by atoms with Gasteiger partial charge in [-0.25, -0.2) is 6.57 Å². The highest BCUT2D eigenvalue weighted by Crippen LogP contribution is 2.52. The second-order valence-corrected chi connectivity index (χ2v) is 5.19. The molecule has 0 radical (unpaired) electrons. The molecule has 0 spiro atoms. The van der Waals surface area contributed by atoms with E-state index in [4.69, 9.17) is 6.57 Å². The predicted octanol–water partition coefficient (Wildman–Crippen LogP) is 4.51. The molecule has 3 aromatic carbocycles. The fourth-order valence-corrected chi connectivity index (χ4v) is 3.31. The van der Waals surface area contributed by atoms with Crippen molar-refractivity contribution in [2.75, 3.05) is 0 Å². The first kappa shape index (κ1) is 11.7. The van der Waals surface area contributed by atoms with Crippen LogP contribution in [-0.4, -0.2) is 0 Å². The van der Waals surface area contributed by atoms with Crippen molar-refractivity contribution in [3.63, 3.8) is 0 Å². The molecule has 0 saturated carbocycles. The van der Waals surface area contributed by atoms with Gasteiger partial charge in [-0.05, 0) is 28.0 Å². The van der Waals surface area contributed by atoms with Gasteiger partial charge in [0, 0.05) is 0 Å². The Morgan fingerprint density at radius 2 is 1.67 bits per heavy atom. The molecule has 0 amide bonds. The van der Waals surface area contributed by atoms with Crippen LogP contribution in [0.2, 0.25) is 0 Å². The van der Waals surface area contributed by atoms with Gasteiger partial charge in [0.2, 0.25) is 0 Å². The minimum absolute atomic E-state index is 0.800. The minimum atomic E-state index is -1.23. The molecule has 2 heteroatoms. The number of fused-ring (bicyclic) bond motifs is 5. The zero-order valence-electron chi connectivity index (χ0n) is 11.2. The van der Waals surface area contributed by atoms with Gasteiger partial charge in [-0.15, -0.1) is 0 Å². The van der Waals surface area contributed by atoms with Crippen LogP contribution in [0.25, 0.3) is 26.7 Å². The van der Waals surface area contributed by atoms with Gasteiger partial charge in [0.25, 0.3) is 0 Å². The fraction of sp³-hybridized carbons (Fsp3) is 0.0526. The SMILES string of the molecule is [C-]#[N+]C1(C#N)c2ccccc2-c2ccc3ccccc3c21. The van der Waals surface area contributed by atoms with E-state index >= 15 is 0 Å². The van der Waals surface area contributed by atoms with Crippen LogP contribution in [0, 0.1) is 17.9 Å². The van der Waals surface area contributed by atoms with Gasteiger partial charge >= 0.3 is 5.54 Å². The topological polar surface area (TPSA) is 28.1 Å². The Morgan fingerprint density at radius 3 is 2.48 bits per heavy atom. The van der Waals surface area contributed by atoms with E-state index in [0.29, 0.717) is 0 Å². The van der Waals surface area contributed by atoms with E-state index in [1.165, 1.54) is 0 Å². The molecule has 1 aliphatic carbocycles. The Balaban J connectivity index is 2.27. The number of hydrogen-bond acceptors (Lipinski definition) is 1. The summed E-state index contributed by atoms with van der Waals surface area (Å²) < 4.78 is 0. The number of rotatable bonds is 0. The molecule has 96 valence electrons. The summed E-state index contributed by atoms with van der Waals surface area (Å²) in [6.45, 7) is 7.69. The highest BCUT2D eigenvalue weighted by molar-refractivity contribution is 5.98. The molecule has 0 fully saturated rings. The maximum absolute atomic E-state index is 9.81. The maximum atomic E-state index is 9.81. The molecule has 0 saturated heterocycles. The van der Waals surface area contributed by atoms with Gasteiger partial charge in [0.15, 0.2) is 6.07 Å². The molecule has 2 nitrogen and oxygen atoms in total. The fourth-order valence-electron chi connectivity index (χ4n) is 3.31. The van der Waals surface area contributed by atoms with Crippen molar-refractivity contribution >= 4 is 10.8 Å². The lowest BCUT2D eigenvalue weighted by molar-refractivity contribution is 0.864. The first-order chi connectivity index (χ1) is 10.3. The molecule has 0 aliphatic heterocycles. The Hall–Kier alpha value is -3.10. The molecule has 4 rings (SSSR count). The Kier molecular flexibility index (Phi) is 2.20. The van der Waals surface area contributed by atoms with Gasteiger partial charge in [0.1, 0.15) is 0 Å². The summed E-state index contributed by atoms with van der Waals surface area (Å²) in [5, 5.41) is 11.9. The normalized spacial score (nSPS) is 18.6. The lowest BCUT2D eigenvalue weighted by Gasteiger charge is -2.12. The average molecular weight is 266 g/mol. The number of hydrogen-bond donors (Lipinski definition) is 0. The van der Waals surface area contributed by atoms with E-state index < -0.39 is 5.54 Å². The zero-order valence-corrected chi connectivity index (χ0v) is 11.2. The van der Waals surface area contributed by atoms with Crippen LogP contribution in [0.4, 0.5) is 0 Å². The van der Waals surface area contributed by atoms with Crippen molar-refractivity contribution in [3.8, 4) is 17.2 Å². The van der Waals surface area contributed by atoms with Gasteiger partial charge < -0.3 is 0 Å². The first-order valence-corrected chi connectivity index (χ1v) is 6.74. The third-order valence-corrected chi connectivity index (χ3v) is 4.23. The molecular weight excluding hydrogens is 256 g/mol. The van der Waals surface area contributed by atoms with Gasteiger partial charge in [0.05, 0.1) is 11.1 Å². The Morgan fingerprint density at radius 1 is 0.905 bits per heavy atom. The van der Waals surface area contributed by atoms with Gasteiger partial charge in [-0.1, -0.05) is 54.6 Å². The van der Waals surface area contributed by atoms with E-state index in [2.05, 4.69) is 17.0 Å².